The van der Waals surface area contributed by atoms with Crippen molar-refractivity contribution in [3.05, 3.63) is 88.7 Å². The van der Waals surface area contributed by atoms with E-state index in [4.69, 9.17) is 16.3 Å². The molecule has 0 aliphatic carbocycles. The number of rotatable bonds is 7. The summed E-state index contributed by atoms with van der Waals surface area (Å²) in [6, 6.07) is 17.3. The van der Waals surface area contributed by atoms with Crippen LogP contribution in [0.1, 0.15) is 34.6 Å². The lowest BCUT2D eigenvalue weighted by atomic mass is 10.1. The maximum Gasteiger partial charge on any atom is 0.255 e. The molecule has 0 saturated carbocycles. The van der Waals surface area contributed by atoms with Gasteiger partial charge in [-0.05, 0) is 66.6 Å². The molecule has 0 aliphatic heterocycles. The van der Waals surface area contributed by atoms with Crippen LogP contribution in [-0.2, 0) is 0 Å². The Morgan fingerprint density at radius 1 is 0.903 bits per heavy atom. The van der Waals surface area contributed by atoms with Gasteiger partial charge in [-0.1, -0.05) is 31.5 Å². The monoisotopic (exact) mass is 440 g/mol. The fraction of sp³-hybridized carbons (Fsp3) is 0.167. The summed E-state index contributed by atoms with van der Waals surface area (Å²) in [4.78, 5) is 25.0. The van der Waals surface area contributed by atoms with Gasteiger partial charge in [0.15, 0.2) is 0 Å². The van der Waals surface area contributed by atoms with Crippen LogP contribution in [0.2, 0.25) is 5.02 Å². The highest BCUT2D eigenvalue weighted by atomic mass is 35.5. The molecule has 0 radical (unpaired) electrons. The van der Waals surface area contributed by atoms with Crippen LogP contribution in [0, 0.1) is 11.7 Å². The van der Waals surface area contributed by atoms with E-state index in [2.05, 4.69) is 24.5 Å². The van der Waals surface area contributed by atoms with Gasteiger partial charge < -0.3 is 15.4 Å². The van der Waals surface area contributed by atoms with Crippen LogP contribution in [0.25, 0.3) is 0 Å². The van der Waals surface area contributed by atoms with E-state index >= 15 is 0 Å². The topological polar surface area (TPSA) is 67.4 Å². The zero-order valence-corrected chi connectivity index (χ0v) is 17.9. The van der Waals surface area contributed by atoms with Crippen molar-refractivity contribution in [1.29, 1.82) is 0 Å². The normalized spacial score (nSPS) is 10.6. The molecular formula is C24H22ClFN2O3. The van der Waals surface area contributed by atoms with Crippen molar-refractivity contribution in [2.45, 2.75) is 13.8 Å². The molecule has 0 fully saturated rings. The molecule has 2 amide bonds. The number of carbonyl (C=O) groups is 2. The van der Waals surface area contributed by atoms with Crippen LogP contribution < -0.4 is 15.4 Å². The molecule has 0 bridgehead atoms. The highest BCUT2D eigenvalue weighted by Gasteiger charge is 2.11. The number of ether oxygens (including phenoxy) is 1. The molecule has 2 N–H and O–H groups in total. The van der Waals surface area contributed by atoms with Gasteiger partial charge in [0.2, 0.25) is 0 Å². The van der Waals surface area contributed by atoms with E-state index in [9.17, 15) is 14.0 Å². The predicted molar refractivity (Wildman–Crippen MR) is 121 cm³/mol. The molecule has 0 unspecified atom stereocenters. The minimum absolute atomic E-state index is 0.0839. The maximum absolute atomic E-state index is 13.3. The van der Waals surface area contributed by atoms with E-state index < -0.39 is 11.7 Å². The zero-order chi connectivity index (χ0) is 22.4. The number of benzene rings is 3. The van der Waals surface area contributed by atoms with Gasteiger partial charge in [0.25, 0.3) is 11.8 Å². The number of nitrogens with one attached hydrogen (secondary N) is 2. The van der Waals surface area contributed by atoms with Gasteiger partial charge in [-0.15, -0.1) is 0 Å². The van der Waals surface area contributed by atoms with Gasteiger partial charge in [-0.25, -0.2) is 4.39 Å². The third-order valence-corrected chi connectivity index (χ3v) is 4.55. The molecule has 7 heteroatoms. The second kappa shape index (κ2) is 10.1. The average molecular weight is 441 g/mol. The van der Waals surface area contributed by atoms with Crippen LogP contribution in [0.3, 0.4) is 0 Å². The van der Waals surface area contributed by atoms with E-state index in [0.29, 0.717) is 40.8 Å². The molecule has 0 saturated heterocycles. The second-order valence-electron chi connectivity index (χ2n) is 7.35. The molecule has 5 nitrogen and oxygen atoms in total. The summed E-state index contributed by atoms with van der Waals surface area (Å²) in [5.74, 6) is -0.176. The van der Waals surface area contributed by atoms with Gasteiger partial charge in [0, 0.05) is 22.5 Å². The van der Waals surface area contributed by atoms with Crippen molar-refractivity contribution in [3.8, 4) is 5.75 Å². The number of amides is 2. The molecule has 3 rings (SSSR count). The Morgan fingerprint density at radius 3 is 2.19 bits per heavy atom. The van der Waals surface area contributed by atoms with Crippen molar-refractivity contribution in [3.63, 3.8) is 0 Å². The Hall–Kier alpha value is -3.38. The average Bonchev–Trinajstić information content (AvgIpc) is 2.75. The lowest BCUT2D eigenvalue weighted by Gasteiger charge is -2.10. The predicted octanol–water partition coefficient (Wildman–Crippen LogP) is 6.02. The van der Waals surface area contributed by atoms with Gasteiger partial charge >= 0.3 is 0 Å². The molecule has 31 heavy (non-hydrogen) atoms. The number of carbonyl (C=O) groups excluding carboxylic acids is 2. The van der Waals surface area contributed by atoms with Crippen molar-refractivity contribution in [1.82, 2.24) is 0 Å². The van der Waals surface area contributed by atoms with Crippen LogP contribution in [0.4, 0.5) is 15.8 Å². The first-order chi connectivity index (χ1) is 14.8. The first-order valence-corrected chi connectivity index (χ1v) is 10.1. The van der Waals surface area contributed by atoms with Crippen molar-refractivity contribution in [2.24, 2.45) is 5.92 Å². The van der Waals surface area contributed by atoms with E-state index in [-0.39, 0.29) is 10.9 Å². The molecule has 3 aromatic carbocycles. The minimum atomic E-state index is -0.566. The number of halogens is 2. The Balaban J connectivity index is 1.64. The maximum atomic E-state index is 13.3. The lowest BCUT2D eigenvalue weighted by molar-refractivity contribution is 0.101. The Labute approximate surface area is 185 Å². The smallest absolute Gasteiger partial charge is 0.255 e. The molecule has 160 valence electrons. The first kappa shape index (κ1) is 22.3. The fourth-order valence-electron chi connectivity index (χ4n) is 2.68. The molecule has 0 aromatic heterocycles. The fourth-order valence-corrected chi connectivity index (χ4v) is 2.86. The SMILES string of the molecule is CC(C)COc1ccc(C(=O)Nc2cccc(C(=O)Nc3ccc(F)c(Cl)c3)c2)cc1. The molecular weight excluding hydrogens is 419 g/mol. The third kappa shape index (κ3) is 6.30. The van der Waals surface area contributed by atoms with Crippen LogP contribution in [0.5, 0.6) is 5.75 Å². The van der Waals surface area contributed by atoms with Crippen LogP contribution in [-0.4, -0.2) is 18.4 Å². The van der Waals surface area contributed by atoms with Crippen LogP contribution in [0.15, 0.2) is 66.7 Å². The summed E-state index contributed by atoms with van der Waals surface area (Å²) in [5.41, 5.74) is 1.63. The van der Waals surface area contributed by atoms with E-state index in [1.54, 1.807) is 48.5 Å². The minimum Gasteiger partial charge on any atom is -0.493 e. The van der Waals surface area contributed by atoms with Gasteiger partial charge in [0.1, 0.15) is 11.6 Å². The summed E-state index contributed by atoms with van der Waals surface area (Å²) in [7, 11) is 0. The summed E-state index contributed by atoms with van der Waals surface area (Å²) in [5, 5.41) is 5.34. The van der Waals surface area contributed by atoms with E-state index in [1.807, 2.05) is 0 Å². The number of anilines is 2. The molecule has 0 spiro atoms. The summed E-state index contributed by atoms with van der Waals surface area (Å²) in [6.45, 7) is 4.72. The second-order valence-corrected chi connectivity index (χ2v) is 7.75. The largest absolute Gasteiger partial charge is 0.493 e. The molecule has 3 aromatic rings. The van der Waals surface area contributed by atoms with E-state index in [0.717, 1.165) is 0 Å². The van der Waals surface area contributed by atoms with Crippen molar-refractivity contribution >= 4 is 34.8 Å². The van der Waals surface area contributed by atoms with Crippen molar-refractivity contribution < 1.29 is 18.7 Å². The number of hydrogen-bond donors (Lipinski definition) is 2. The summed E-state index contributed by atoms with van der Waals surface area (Å²) < 4.78 is 18.9. The first-order valence-electron chi connectivity index (χ1n) is 9.72. The lowest BCUT2D eigenvalue weighted by Crippen LogP contribution is -2.14. The Kier molecular flexibility index (Phi) is 7.26. The highest BCUT2D eigenvalue weighted by Crippen LogP contribution is 2.21. The zero-order valence-electron chi connectivity index (χ0n) is 17.1. The molecule has 0 atom stereocenters. The van der Waals surface area contributed by atoms with Gasteiger partial charge in [-0.3, -0.25) is 9.59 Å². The summed E-state index contributed by atoms with van der Waals surface area (Å²) in [6.07, 6.45) is 0. The Morgan fingerprint density at radius 2 is 1.55 bits per heavy atom. The molecule has 0 heterocycles. The van der Waals surface area contributed by atoms with Gasteiger partial charge in [-0.2, -0.15) is 0 Å². The molecule has 0 aliphatic rings. The van der Waals surface area contributed by atoms with E-state index in [1.165, 1.54) is 18.2 Å². The van der Waals surface area contributed by atoms with Crippen molar-refractivity contribution in [2.75, 3.05) is 17.2 Å². The highest BCUT2D eigenvalue weighted by molar-refractivity contribution is 6.31. The summed E-state index contributed by atoms with van der Waals surface area (Å²) >= 11 is 5.74. The standard InChI is InChI=1S/C24H22ClFN2O3/c1-15(2)14-31-20-9-6-16(7-10-20)23(29)27-18-5-3-4-17(12-18)24(30)28-19-8-11-22(26)21(25)13-19/h3-13,15H,14H2,1-2H3,(H,27,29)(H,28,30). The third-order valence-electron chi connectivity index (χ3n) is 4.26. The number of hydrogen-bond acceptors (Lipinski definition) is 3. The van der Waals surface area contributed by atoms with Crippen LogP contribution >= 0.6 is 11.6 Å². The quantitative estimate of drug-likeness (QED) is 0.472. The van der Waals surface area contributed by atoms with Gasteiger partial charge in [0.05, 0.1) is 11.6 Å². The Bertz CT molecular complexity index is 1080.